The molecule has 0 saturated carbocycles. The fraction of sp³-hybridized carbons (Fsp3) is 0.778. The molecule has 0 aliphatic rings. The maximum Gasteiger partial charge on any atom is 0.407 e. The van der Waals surface area contributed by atoms with Gasteiger partial charge in [-0.15, -0.1) is 0 Å². The summed E-state index contributed by atoms with van der Waals surface area (Å²) >= 11 is 0. The zero-order valence-corrected chi connectivity index (χ0v) is 8.99. The highest BCUT2D eigenvalue weighted by Crippen LogP contribution is 1.99. The van der Waals surface area contributed by atoms with Crippen LogP contribution in [0.3, 0.4) is 0 Å². The van der Waals surface area contributed by atoms with Crippen molar-refractivity contribution in [3.05, 3.63) is 0 Å². The van der Waals surface area contributed by atoms with Crippen LogP contribution in [-0.2, 0) is 14.3 Å². The molecule has 0 aliphatic carbocycles. The number of hydrogen-bond donors (Lipinski definition) is 2. The van der Waals surface area contributed by atoms with Crippen molar-refractivity contribution in [1.82, 2.24) is 5.32 Å². The Labute approximate surface area is 88.6 Å². The van der Waals surface area contributed by atoms with Gasteiger partial charge in [0, 0.05) is 6.42 Å². The summed E-state index contributed by atoms with van der Waals surface area (Å²) in [6, 6.07) is -0.484. The van der Waals surface area contributed by atoms with Gasteiger partial charge in [-0.25, -0.2) is 4.79 Å². The first kappa shape index (κ1) is 13.7. The second-order valence-corrected chi connectivity index (χ2v) is 2.86. The van der Waals surface area contributed by atoms with Crippen molar-refractivity contribution < 1.29 is 24.2 Å². The summed E-state index contributed by atoms with van der Waals surface area (Å²) in [4.78, 5) is 21.8. The number of methoxy groups -OCH3 is 1. The van der Waals surface area contributed by atoms with Crippen LogP contribution in [0.4, 0.5) is 4.79 Å². The van der Waals surface area contributed by atoms with Crippen LogP contribution in [0.5, 0.6) is 0 Å². The van der Waals surface area contributed by atoms with Gasteiger partial charge in [-0.1, -0.05) is 0 Å². The molecule has 0 aromatic rings. The third kappa shape index (κ3) is 6.73. The number of carbonyl (C=O) groups excluding carboxylic acids is 2. The van der Waals surface area contributed by atoms with Crippen molar-refractivity contribution in [3.63, 3.8) is 0 Å². The van der Waals surface area contributed by atoms with E-state index in [2.05, 4.69) is 10.1 Å². The maximum absolute atomic E-state index is 11.0. The molecular formula is C9H17NO5. The smallest absolute Gasteiger partial charge is 0.407 e. The van der Waals surface area contributed by atoms with E-state index in [-0.39, 0.29) is 19.0 Å². The summed E-state index contributed by atoms with van der Waals surface area (Å²) in [7, 11) is 1.23. The van der Waals surface area contributed by atoms with Crippen LogP contribution in [0.1, 0.15) is 19.8 Å². The lowest BCUT2D eigenvalue weighted by molar-refractivity contribution is -0.143. The third-order valence-corrected chi connectivity index (χ3v) is 1.73. The van der Waals surface area contributed by atoms with Crippen LogP contribution < -0.4 is 5.32 Å². The number of hydrogen-bond acceptors (Lipinski definition) is 5. The Bertz CT molecular complexity index is 207. The normalized spacial score (nSPS) is 11.7. The molecule has 0 rings (SSSR count). The minimum atomic E-state index is -0.627. The lowest BCUT2D eigenvalue weighted by atomic mass is 10.2. The fourth-order valence-corrected chi connectivity index (χ4v) is 0.960. The summed E-state index contributed by atoms with van der Waals surface area (Å²) in [6.07, 6.45) is -0.147. The average molecular weight is 219 g/mol. The standard InChI is InChI=1S/C9H17NO5/c1-3-15-8(12)5-4-7(6-11)10-9(13)14-2/h7,11H,3-6H2,1-2H3,(H,10,13). The van der Waals surface area contributed by atoms with Gasteiger partial charge in [0.2, 0.25) is 0 Å². The predicted molar refractivity (Wildman–Crippen MR) is 52.3 cm³/mol. The molecular weight excluding hydrogens is 202 g/mol. The fourth-order valence-electron chi connectivity index (χ4n) is 0.960. The van der Waals surface area contributed by atoms with E-state index in [1.54, 1.807) is 6.92 Å². The highest BCUT2D eigenvalue weighted by atomic mass is 16.5. The van der Waals surface area contributed by atoms with Crippen LogP contribution in [0, 0.1) is 0 Å². The van der Waals surface area contributed by atoms with Gasteiger partial charge in [-0.05, 0) is 13.3 Å². The van der Waals surface area contributed by atoms with Crippen LogP contribution in [0.2, 0.25) is 0 Å². The van der Waals surface area contributed by atoms with Gasteiger partial charge in [0.1, 0.15) is 0 Å². The van der Waals surface area contributed by atoms with E-state index in [1.165, 1.54) is 7.11 Å². The number of amides is 1. The number of aliphatic hydroxyl groups excluding tert-OH is 1. The van der Waals surface area contributed by atoms with Gasteiger partial charge in [-0.2, -0.15) is 0 Å². The number of aliphatic hydroxyl groups is 1. The molecule has 0 bridgehead atoms. The highest BCUT2D eigenvalue weighted by molar-refractivity contribution is 5.70. The number of alkyl carbamates (subject to hydrolysis) is 1. The van der Waals surface area contributed by atoms with Gasteiger partial charge >= 0.3 is 12.1 Å². The first-order valence-electron chi connectivity index (χ1n) is 4.75. The Kier molecular flexibility index (Phi) is 7.35. The van der Waals surface area contributed by atoms with E-state index >= 15 is 0 Å². The number of carbonyl (C=O) groups is 2. The van der Waals surface area contributed by atoms with Gasteiger partial charge < -0.3 is 19.9 Å². The lowest BCUT2D eigenvalue weighted by Gasteiger charge is -2.14. The molecule has 0 aromatic carbocycles. The second kappa shape index (κ2) is 8.05. The molecule has 2 N–H and O–H groups in total. The molecule has 0 radical (unpaired) electrons. The van der Waals surface area contributed by atoms with E-state index in [0.717, 1.165) is 0 Å². The molecule has 1 unspecified atom stereocenters. The summed E-state index contributed by atoms with van der Waals surface area (Å²) in [5.41, 5.74) is 0. The Morgan fingerprint density at radius 3 is 2.60 bits per heavy atom. The Balaban J connectivity index is 3.79. The van der Waals surface area contributed by atoms with Crippen LogP contribution in [-0.4, -0.2) is 43.5 Å². The first-order chi connectivity index (χ1) is 7.13. The van der Waals surface area contributed by atoms with Crippen LogP contribution in [0.15, 0.2) is 0 Å². The van der Waals surface area contributed by atoms with Crippen LogP contribution in [0.25, 0.3) is 0 Å². The van der Waals surface area contributed by atoms with Crippen molar-refractivity contribution in [1.29, 1.82) is 0 Å². The quantitative estimate of drug-likeness (QED) is 0.616. The Hall–Kier alpha value is -1.30. The largest absolute Gasteiger partial charge is 0.466 e. The molecule has 0 fully saturated rings. The molecule has 88 valence electrons. The Morgan fingerprint density at radius 1 is 1.47 bits per heavy atom. The molecule has 1 amide bonds. The third-order valence-electron chi connectivity index (χ3n) is 1.73. The summed E-state index contributed by atoms with van der Waals surface area (Å²) in [5, 5.41) is 11.3. The van der Waals surface area contributed by atoms with Crippen LogP contribution >= 0.6 is 0 Å². The van der Waals surface area contributed by atoms with Gasteiger partial charge in [0.05, 0.1) is 26.4 Å². The van der Waals surface area contributed by atoms with Gasteiger partial charge in [0.15, 0.2) is 0 Å². The molecule has 15 heavy (non-hydrogen) atoms. The zero-order chi connectivity index (χ0) is 11.7. The maximum atomic E-state index is 11.0. The minimum absolute atomic E-state index is 0.156. The average Bonchev–Trinajstić information content (AvgIpc) is 2.24. The first-order valence-corrected chi connectivity index (χ1v) is 4.75. The predicted octanol–water partition coefficient (Wildman–Crippen LogP) is 0.0466. The summed E-state index contributed by atoms with van der Waals surface area (Å²) in [6.45, 7) is 1.80. The SMILES string of the molecule is CCOC(=O)CCC(CO)NC(=O)OC. The van der Waals surface area contributed by atoms with E-state index < -0.39 is 12.1 Å². The molecule has 0 saturated heterocycles. The zero-order valence-electron chi connectivity index (χ0n) is 8.99. The van der Waals surface area contributed by atoms with E-state index in [1.807, 2.05) is 0 Å². The molecule has 1 atom stereocenters. The van der Waals surface area contributed by atoms with Gasteiger partial charge in [0.25, 0.3) is 0 Å². The van der Waals surface area contributed by atoms with Crippen molar-refractivity contribution >= 4 is 12.1 Å². The van der Waals surface area contributed by atoms with E-state index in [9.17, 15) is 9.59 Å². The minimum Gasteiger partial charge on any atom is -0.466 e. The number of esters is 1. The Morgan fingerprint density at radius 2 is 2.13 bits per heavy atom. The molecule has 0 heterocycles. The summed E-state index contributed by atoms with van der Waals surface area (Å²) < 4.78 is 9.06. The van der Waals surface area contributed by atoms with Gasteiger partial charge in [-0.3, -0.25) is 4.79 Å². The van der Waals surface area contributed by atoms with Crippen molar-refractivity contribution in [2.24, 2.45) is 0 Å². The number of rotatable bonds is 6. The number of nitrogens with one attached hydrogen (secondary N) is 1. The molecule has 0 aromatic heterocycles. The highest BCUT2D eigenvalue weighted by Gasteiger charge is 2.13. The van der Waals surface area contributed by atoms with E-state index in [4.69, 9.17) is 9.84 Å². The molecule has 6 nitrogen and oxygen atoms in total. The van der Waals surface area contributed by atoms with Crippen molar-refractivity contribution in [2.45, 2.75) is 25.8 Å². The molecule has 6 heteroatoms. The molecule has 0 spiro atoms. The monoisotopic (exact) mass is 219 g/mol. The summed E-state index contributed by atoms with van der Waals surface area (Å²) in [5.74, 6) is -0.345. The topological polar surface area (TPSA) is 84.9 Å². The lowest BCUT2D eigenvalue weighted by Crippen LogP contribution is -2.37. The second-order valence-electron chi connectivity index (χ2n) is 2.86. The van der Waals surface area contributed by atoms with Crippen molar-refractivity contribution in [2.75, 3.05) is 20.3 Å². The molecule has 0 aliphatic heterocycles. The van der Waals surface area contributed by atoms with E-state index in [0.29, 0.717) is 13.0 Å². The van der Waals surface area contributed by atoms with Crippen molar-refractivity contribution in [3.8, 4) is 0 Å². The number of ether oxygens (including phenoxy) is 2.